The summed E-state index contributed by atoms with van der Waals surface area (Å²) < 4.78 is 41.5. The summed E-state index contributed by atoms with van der Waals surface area (Å²) >= 11 is 3.40. The Bertz CT molecular complexity index is 1020. The van der Waals surface area contributed by atoms with E-state index in [1.165, 1.54) is 12.1 Å². The van der Waals surface area contributed by atoms with Crippen molar-refractivity contribution in [3.63, 3.8) is 0 Å². The van der Waals surface area contributed by atoms with Gasteiger partial charge in [0.25, 0.3) is 0 Å². The number of rotatable bonds is 4. The molecule has 0 aliphatic carbocycles. The minimum Gasteiger partial charge on any atom is -0.374 e. The van der Waals surface area contributed by atoms with Crippen molar-refractivity contribution in [3.05, 3.63) is 70.6 Å². The van der Waals surface area contributed by atoms with Crippen LogP contribution in [0.5, 0.6) is 0 Å². The third-order valence-corrected chi connectivity index (χ3v) is 5.38. The van der Waals surface area contributed by atoms with Crippen LogP contribution in [-0.4, -0.2) is 51.3 Å². The minimum atomic E-state index is -4.33. The number of tetrazole rings is 1. The Balaban J connectivity index is 1.40. The Labute approximate surface area is 179 Å². The number of nitrogens with zero attached hydrogens (tertiary/aromatic N) is 6. The molecular formula is C20H18BrF3N6. The van der Waals surface area contributed by atoms with Gasteiger partial charge in [-0.1, -0.05) is 22.0 Å². The van der Waals surface area contributed by atoms with Gasteiger partial charge < -0.3 is 9.80 Å². The van der Waals surface area contributed by atoms with Gasteiger partial charge >= 0.3 is 6.18 Å². The molecule has 0 saturated carbocycles. The zero-order valence-corrected chi connectivity index (χ0v) is 17.4. The van der Waals surface area contributed by atoms with Crippen LogP contribution in [0.1, 0.15) is 11.4 Å². The fourth-order valence-corrected chi connectivity index (χ4v) is 3.51. The van der Waals surface area contributed by atoms with Crippen LogP contribution in [-0.2, 0) is 6.18 Å². The third-order valence-electron chi connectivity index (χ3n) is 4.85. The first-order chi connectivity index (χ1) is 14.4. The molecule has 30 heavy (non-hydrogen) atoms. The number of aromatic nitrogens is 4. The summed E-state index contributed by atoms with van der Waals surface area (Å²) in [5.41, 5.74) is 0.812. The van der Waals surface area contributed by atoms with Crippen molar-refractivity contribution in [1.29, 1.82) is 0 Å². The molecule has 10 heteroatoms. The fourth-order valence-electron chi connectivity index (χ4n) is 3.24. The molecule has 0 amide bonds. The van der Waals surface area contributed by atoms with Crippen molar-refractivity contribution in [3.8, 4) is 5.69 Å². The van der Waals surface area contributed by atoms with Crippen molar-refractivity contribution in [1.82, 2.24) is 25.1 Å². The van der Waals surface area contributed by atoms with Crippen LogP contribution >= 0.6 is 15.9 Å². The van der Waals surface area contributed by atoms with Crippen molar-refractivity contribution < 1.29 is 13.2 Å². The van der Waals surface area contributed by atoms with Gasteiger partial charge in [0.1, 0.15) is 0 Å². The summed E-state index contributed by atoms with van der Waals surface area (Å²) in [5.74, 6) is 0.595. The number of halogens is 4. The Kier molecular flexibility index (Phi) is 5.76. The van der Waals surface area contributed by atoms with E-state index in [0.29, 0.717) is 37.7 Å². The van der Waals surface area contributed by atoms with Crippen molar-refractivity contribution in [2.75, 3.05) is 31.1 Å². The predicted octanol–water partition coefficient (Wildman–Crippen LogP) is 4.24. The first-order valence-corrected chi connectivity index (χ1v) is 10.1. The third kappa shape index (κ3) is 4.64. The quantitative estimate of drug-likeness (QED) is 0.561. The highest BCUT2D eigenvalue weighted by Crippen LogP contribution is 2.31. The second-order valence-electron chi connectivity index (χ2n) is 6.81. The zero-order valence-electron chi connectivity index (χ0n) is 15.8. The van der Waals surface area contributed by atoms with E-state index < -0.39 is 11.7 Å². The first kappa shape index (κ1) is 20.4. The molecule has 1 saturated heterocycles. The normalized spacial score (nSPS) is 15.2. The van der Waals surface area contributed by atoms with Crippen LogP contribution in [0.3, 0.4) is 0 Å². The van der Waals surface area contributed by atoms with E-state index in [0.717, 1.165) is 16.2 Å². The molecule has 1 fully saturated rings. The van der Waals surface area contributed by atoms with E-state index in [4.69, 9.17) is 0 Å². The van der Waals surface area contributed by atoms with Crippen LogP contribution in [0.15, 0.2) is 59.2 Å². The maximum Gasteiger partial charge on any atom is 0.416 e. The van der Waals surface area contributed by atoms with Crippen LogP contribution < -0.4 is 4.90 Å². The minimum absolute atomic E-state index is 0.590. The maximum absolute atomic E-state index is 13.0. The van der Waals surface area contributed by atoms with Gasteiger partial charge in [-0.3, -0.25) is 0 Å². The second-order valence-corrected chi connectivity index (χ2v) is 7.73. The number of alkyl halides is 3. The molecule has 0 unspecified atom stereocenters. The van der Waals surface area contributed by atoms with E-state index in [1.54, 1.807) is 10.7 Å². The van der Waals surface area contributed by atoms with E-state index in [1.807, 2.05) is 41.4 Å². The van der Waals surface area contributed by atoms with Gasteiger partial charge in [-0.2, -0.15) is 17.9 Å². The Morgan fingerprint density at radius 1 is 0.933 bits per heavy atom. The van der Waals surface area contributed by atoms with Crippen molar-refractivity contribution in [2.24, 2.45) is 0 Å². The van der Waals surface area contributed by atoms with Gasteiger partial charge in [-0.25, -0.2) is 0 Å². The average molecular weight is 479 g/mol. The van der Waals surface area contributed by atoms with Crippen LogP contribution in [0, 0.1) is 0 Å². The molecule has 0 spiro atoms. The molecule has 2 heterocycles. The van der Waals surface area contributed by atoms with Crippen molar-refractivity contribution >= 4 is 27.7 Å². The summed E-state index contributed by atoms with van der Waals surface area (Å²) in [4.78, 5) is 4.07. The Morgan fingerprint density at radius 3 is 2.37 bits per heavy atom. The van der Waals surface area contributed by atoms with Crippen LogP contribution in [0.2, 0.25) is 0 Å². The van der Waals surface area contributed by atoms with Crippen LogP contribution in [0.4, 0.5) is 18.9 Å². The summed E-state index contributed by atoms with van der Waals surface area (Å²) in [6, 6.07) is 13.1. The zero-order chi connectivity index (χ0) is 21.1. The van der Waals surface area contributed by atoms with E-state index >= 15 is 0 Å². The smallest absolute Gasteiger partial charge is 0.374 e. The van der Waals surface area contributed by atoms with Gasteiger partial charge in [0.05, 0.1) is 11.3 Å². The van der Waals surface area contributed by atoms with E-state index in [-0.39, 0.29) is 0 Å². The molecule has 156 valence electrons. The number of hydrogen-bond donors (Lipinski definition) is 0. The highest BCUT2D eigenvalue weighted by molar-refractivity contribution is 9.10. The monoisotopic (exact) mass is 478 g/mol. The lowest BCUT2D eigenvalue weighted by Gasteiger charge is -2.35. The first-order valence-electron chi connectivity index (χ1n) is 9.29. The summed E-state index contributed by atoms with van der Waals surface area (Å²) in [5, 5.41) is 11.8. The molecule has 1 aliphatic rings. The lowest BCUT2D eigenvalue weighted by atomic mass is 10.1. The molecular weight excluding hydrogens is 461 g/mol. The van der Waals surface area contributed by atoms with Gasteiger partial charge in [0.2, 0.25) is 0 Å². The molecule has 0 N–H and O–H groups in total. The molecule has 2 aromatic carbocycles. The van der Waals surface area contributed by atoms with E-state index in [9.17, 15) is 13.2 Å². The molecule has 6 nitrogen and oxygen atoms in total. The number of benzene rings is 2. The van der Waals surface area contributed by atoms with Gasteiger partial charge in [0.15, 0.2) is 5.82 Å². The topological polar surface area (TPSA) is 50.1 Å². The molecule has 1 aromatic heterocycles. The maximum atomic E-state index is 13.0. The van der Waals surface area contributed by atoms with Gasteiger partial charge in [-0.05, 0) is 52.9 Å². The largest absolute Gasteiger partial charge is 0.416 e. The summed E-state index contributed by atoms with van der Waals surface area (Å²) in [7, 11) is 0. The highest BCUT2D eigenvalue weighted by Gasteiger charge is 2.31. The van der Waals surface area contributed by atoms with Crippen LogP contribution in [0.25, 0.3) is 11.8 Å². The molecule has 1 aliphatic heterocycles. The molecule has 3 aromatic rings. The number of anilines is 1. The van der Waals surface area contributed by atoms with Crippen molar-refractivity contribution in [2.45, 2.75) is 6.18 Å². The summed E-state index contributed by atoms with van der Waals surface area (Å²) in [6.45, 7) is 2.63. The molecule has 0 atom stereocenters. The molecule has 4 rings (SSSR count). The molecule has 0 radical (unpaired) electrons. The lowest BCUT2D eigenvalue weighted by molar-refractivity contribution is -0.137. The Hall–Kier alpha value is -2.88. The number of hydrogen-bond acceptors (Lipinski definition) is 5. The fraction of sp³-hybridized carbons (Fsp3) is 0.250. The van der Waals surface area contributed by atoms with Gasteiger partial charge in [0, 0.05) is 48.6 Å². The van der Waals surface area contributed by atoms with Gasteiger partial charge in [-0.15, -0.1) is 5.10 Å². The highest BCUT2D eigenvalue weighted by atomic mass is 79.9. The predicted molar refractivity (Wildman–Crippen MR) is 111 cm³/mol. The molecule has 0 bridgehead atoms. The standard InChI is InChI=1S/C20H18BrF3N6/c21-16-4-6-17(7-5-16)30-19(25-26-27-30)8-9-28-10-12-29(13-11-28)18-3-1-2-15(14-18)20(22,23)24/h1-9,14H,10-13H2/b9-8+. The van der Waals surface area contributed by atoms with E-state index in [2.05, 4.69) is 36.4 Å². The SMILES string of the molecule is FC(F)(F)c1cccc(N2CCN(/C=C/c3nnnn3-c3ccc(Br)cc3)CC2)c1. The average Bonchev–Trinajstić information content (AvgIpc) is 3.21. The Morgan fingerprint density at radius 2 is 1.67 bits per heavy atom. The number of piperazine rings is 1. The second kappa shape index (κ2) is 8.47. The lowest BCUT2D eigenvalue weighted by Crippen LogP contribution is -2.44. The summed E-state index contributed by atoms with van der Waals surface area (Å²) in [6.07, 6.45) is -0.577.